The lowest BCUT2D eigenvalue weighted by atomic mass is 10.1. The van der Waals surface area contributed by atoms with Gasteiger partial charge in [-0.1, -0.05) is 6.42 Å². The normalized spacial score (nSPS) is 16.0. The van der Waals surface area contributed by atoms with Crippen LogP contribution in [-0.4, -0.2) is 45.3 Å². The average molecular weight is 357 g/mol. The lowest BCUT2D eigenvalue weighted by molar-refractivity contribution is 0.180. The Morgan fingerprint density at radius 2 is 2.00 bits per heavy atom. The minimum Gasteiger partial charge on any atom is -0.493 e. The van der Waals surface area contributed by atoms with Crippen molar-refractivity contribution >= 4 is 15.9 Å². The van der Waals surface area contributed by atoms with E-state index in [1.54, 1.807) is 7.11 Å². The van der Waals surface area contributed by atoms with E-state index in [0.717, 1.165) is 29.1 Å². The third-order valence-corrected chi connectivity index (χ3v) is 4.36. The zero-order valence-corrected chi connectivity index (χ0v) is 14.5. The van der Waals surface area contributed by atoms with Crippen LogP contribution < -0.4 is 14.8 Å². The van der Waals surface area contributed by atoms with Gasteiger partial charge in [0.1, 0.15) is 6.61 Å². The van der Waals surface area contributed by atoms with Crippen LogP contribution in [0, 0.1) is 0 Å². The molecule has 0 bridgehead atoms. The van der Waals surface area contributed by atoms with Crippen molar-refractivity contribution in [1.29, 1.82) is 0 Å². The van der Waals surface area contributed by atoms with Crippen LogP contribution in [0.4, 0.5) is 0 Å². The first-order valence-electron chi connectivity index (χ1n) is 7.60. The highest BCUT2D eigenvalue weighted by atomic mass is 79.9. The molecule has 1 saturated heterocycles. The van der Waals surface area contributed by atoms with Crippen molar-refractivity contribution in [2.24, 2.45) is 0 Å². The molecule has 0 aromatic heterocycles. The Morgan fingerprint density at radius 3 is 2.67 bits per heavy atom. The molecule has 0 atom stereocenters. The molecular formula is C16H25BrN2O2. The number of hydrogen-bond acceptors (Lipinski definition) is 4. The largest absolute Gasteiger partial charge is 0.493 e. The number of methoxy groups -OCH3 is 1. The molecular weight excluding hydrogens is 332 g/mol. The van der Waals surface area contributed by atoms with E-state index in [4.69, 9.17) is 9.47 Å². The van der Waals surface area contributed by atoms with Gasteiger partial charge >= 0.3 is 0 Å². The number of ether oxygens (including phenoxy) is 2. The van der Waals surface area contributed by atoms with E-state index in [1.807, 2.05) is 13.1 Å². The van der Waals surface area contributed by atoms with E-state index < -0.39 is 0 Å². The molecule has 0 saturated carbocycles. The highest BCUT2D eigenvalue weighted by molar-refractivity contribution is 9.10. The third kappa shape index (κ3) is 4.87. The van der Waals surface area contributed by atoms with Gasteiger partial charge in [-0.05, 0) is 66.6 Å². The lowest BCUT2D eigenvalue weighted by Gasteiger charge is -2.26. The predicted octanol–water partition coefficient (Wildman–Crippen LogP) is 3.04. The van der Waals surface area contributed by atoms with Crippen LogP contribution in [0.15, 0.2) is 16.6 Å². The number of halogens is 1. The minimum atomic E-state index is 0.695. The molecule has 1 aliphatic heterocycles. The van der Waals surface area contributed by atoms with E-state index >= 15 is 0 Å². The molecule has 21 heavy (non-hydrogen) atoms. The summed E-state index contributed by atoms with van der Waals surface area (Å²) in [4.78, 5) is 2.47. The highest BCUT2D eigenvalue weighted by Gasteiger charge is 2.13. The van der Waals surface area contributed by atoms with E-state index in [9.17, 15) is 0 Å². The van der Waals surface area contributed by atoms with Crippen LogP contribution in [0.1, 0.15) is 24.8 Å². The Bertz CT molecular complexity index is 448. The summed E-state index contributed by atoms with van der Waals surface area (Å²) < 4.78 is 12.4. The Morgan fingerprint density at radius 1 is 1.24 bits per heavy atom. The van der Waals surface area contributed by atoms with Crippen molar-refractivity contribution in [3.8, 4) is 11.5 Å². The molecule has 0 amide bonds. The molecule has 1 aromatic rings. The first-order valence-corrected chi connectivity index (χ1v) is 8.40. The number of nitrogens with one attached hydrogen (secondary N) is 1. The predicted molar refractivity (Wildman–Crippen MR) is 89.2 cm³/mol. The number of rotatable bonds is 7. The Kier molecular flexibility index (Phi) is 6.80. The van der Waals surface area contributed by atoms with Crippen molar-refractivity contribution in [3.63, 3.8) is 0 Å². The first-order chi connectivity index (χ1) is 10.2. The summed E-state index contributed by atoms with van der Waals surface area (Å²) in [7, 11) is 3.62. The van der Waals surface area contributed by atoms with E-state index in [-0.39, 0.29) is 0 Å². The highest BCUT2D eigenvalue weighted by Crippen LogP contribution is 2.36. The summed E-state index contributed by atoms with van der Waals surface area (Å²) in [6, 6.07) is 4.10. The van der Waals surface area contributed by atoms with Crippen molar-refractivity contribution < 1.29 is 9.47 Å². The maximum Gasteiger partial charge on any atom is 0.175 e. The maximum atomic E-state index is 5.96. The van der Waals surface area contributed by atoms with Gasteiger partial charge in [0.05, 0.1) is 11.6 Å². The zero-order chi connectivity index (χ0) is 15.1. The second-order valence-electron chi connectivity index (χ2n) is 5.39. The minimum absolute atomic E-state index is 0.695. The van der Waals surface area contributed by atoms with Gasteiger partial charge in [0, 0.05) is 13.1 Å². The quantitative estimate of drug-likeness (QED) is 0.813. The molecule has 0 radical (unpaired) electrons. The summed E-state index contributed by atoms with van der Waals surface area (Å²) in [5, 5.41) is 3.14. The van der Waals surface area contributed by atoms with Crippen molar-refractivity contribution in [2.45, 2.75) is 25.8 Å². The molecule has 1 fully saturated rings. The fourth-order valence-electron chi connectivity index (χ4n) is 2.68. The topological polar surface area (TPSA) is 33.7 Å². The molecule has 1 heterocycles. The number of nitrogens with zero attached hydrogens (tertiary/aromatic N) is 1. The van der Waals surface area contributed by atoms with Crippen LogP contribution in [0.5, 0.6) is 11.5 Å². The van der Waals surface area contributed by atoms with Crippen molar-refractivity contribution in [3.05, 3.63) is 22.2 Å². The fraction of sp³-hybridized carbons (Fsp3) is 0.625. The van der Waals surface area contributed by atoms with Crippen LogP contribution in [0.3, 0.4) is 0 Å². The van der Waals surface area contributed by atoms with Crippen molar-refractivity contribution in [2.75, 3.05) is 40.4 Å². The Balaban J connectivity index is 1.94. The van der Waals surface area contributed by atoms with Gasteiger partial charge in [-0.2, -0.15) is 0 Å². The zero-order valence-electron chi connectivity index (χ0n) is 13.0. The summed E-state index contributed by atoms with van der Waals surface area (Å²) >= 11 is 3.59. The van der Waals surface area contributed by atoms with Gasteiger partial charge in [-0.3, -0.25) is 4.90 Å². The van der Waals surface area contributed by atoms with Gasteiger partial charge in [-0.15, -0.1) is 0 Å². The fourth-order valence-corrected chi connectivity index (χ4v) is 3.28. The maximum absolute atomic E-state index is 5.96. The van der Waals surface area contributed by atoms with Crippen LogP contribution in [0.25, 0.3) is 0 Å². The summed E-state index contributed by atoms with van der Waals surface area (Å²) in [5.41, 5.74) is 1.17. The molecule has 5 heteroatoms. The molecule has 2 rings (SSSR count). The first kappa shape index (κ1) is 16.6. The second-order valence-corrected chi connectivity index (χ2v) is 6.24. The molecule has 0 spiro atoms. The molecule has 4 nitrogen and oxygen atoms in total. The monoisotopic (exact) mass is 356 g/mol. The third-order valence-electron chi connectivity index (χ3n) is 3.77. The molecule has 1 aromatic carbocycles. The number of likely N-dealkylation sites (tertiary alicyclic amines) is 1. The Hall–Kier alpha value is -0.780. The van der Waals surface area contributed by atoms with Crippen molar-refractivity contribution in [1.82, 2.24) is 10.2 Å². The van der Waals surface area contributed by atoms with Crippen LogP contribution >= 0.6 is 15.9 Å². The molecule has 118 valence electrons. The summed E-state index contributed by atoms with van der Waals surface area (Å²) in [6.45, 7) is 4.88. The van der Waals surface area contributed by atoms with Gasteiger partial charge in [-0.25, -0.2) is 0 Å². The Labute approximate surface area is 135 Å². The van der Waals surface area contributed by atoms with Crippen LogP contribution in [0.2, 0.25) is 0 Å². The standard InChI is InChI=1S/C16H25BrN2O2/c1-18-12-13-10-14(17)16(15(11-13)20-2)21-9-8-19-6-4-3-5-7-19/h10-11,18H,3-9,12H2,1-2H3. The van der Waals surface area contributed by atoms with E-state index in [1.165, 1.54) is 37.9 Å². The average Bonchev–Trinajstić information content (AvgIpc) is 2.50. The molecule has 1 aliphatic rings. The SMILES string of the molecule is CNCc1cc(Br)c(OCCN2CCCCC2)c(OC)c1. The summed E-state index contributed by atoms with van der Waals surface area (Å²) in [5.74, 6) is 1.59. The smallest absolute Gasteiger partial charge is 0.175 e. The van der Waals surface area contributed by atoms with Crippen LogP contribution in [-0.2, 0) is 6.54 Å². The molecule has 0 unspecified atom stereocenters. The van der Waals surface area contributed by atoms with Gasteiger partial charge in [0.2, 0.25) is 0 Å². The lowest BCUT2D eigenvalue weighted by Crippen LogP contribution is -2.33. The van der Waals surface area contributed by atoms with E-state index in [2.05, 4.69) is 32.2 Å². The summed E-state index contributed by atoms with van der Waals surface area (Å²) in [6.07, 6.45) is 3.99. The van der Waals surface area contributed by atoms with Gasteiger partial charge < -0.3 is 14.8 Å². The number of hydrogen-bond donors (Lipinski definition) is 1. The molecule has 0 aliphatic carbocycles. The van der Waals surface area contributed by atoms with Gasteiger partial charge in [0.15, 0.2) is 11.5 Å². The number of piperidine rings is 1. The second kappa shape index (κ2) is 8.61. The molecule has 1 N–H and O–H groups in total. The van der Waals surface area contributed by atoms with Gasteiger partial charge in [0.25, 0.3) is 0 Å². The van der Waals surface area contributed by atoms with E-state index in [0.29, 0.717) is 6.61 Å². The number of benzene rings is 1.